The zero-order valence-electron chi connectivity index (χ0n) is 27.9. The zero-order chi connectivity index (χ0) is 33.7. The summed E-state index contributed by atoms with van der Waals surface area (Å²) in [5, 5.41) is 11.2. The molecule has 3 atom stereocenters. The molecule has 1 aliphatic carbocycles. The number of hydrogen-bond acceptors (Lipinski definition) is 7. The van der Waals surface area contributed by atoms with Crippen molar-refractivity contribution in [1.82, 2.24) is 18.5 Å². The molecular weight excluding hydrogens is 620 g/mol. The van der Waals surface area contributed by atoms with Crippen LogP contribution in [-0.4, -0.2) is 92.7 Å². The van der Waals surface area contributed by atoms with Gasteiger partial charge in [0.2, 0.25) is 5.91 Å². The molecule has 6 rings (SSSR count). The molecule has 0 bridgehead atoms. The summed E-state index contributed by atoms with van der Waals surface area (Å²) in [7, 11) is 0.365. The average Bonchev–Trinajstić information content (AvgIpc) is 3.35. The number of nitrogens with one attached hydrogen (secondary N) is 1. The van der Waals surface area contributed by atoms with Crippen LogP contribution in [0, 0.1) is 5.41 Å². The monoisotopic (exact) mass is 666 g/mol. The minimum absolute atomic E-state index is 0.0685. The quantitative estimate of drug-likeness (QED) is 0.386. The lowest BCUT2D eigenvalue weighted by Crippen LogP contribution is -2.56. The van der Waals surface area contributed by atoms with Crippen LogP contribution in [0.1, 0.15) is 79.3 Å². The summed E-state index contributed by atoms with van der Waals surface area (Å²) in [6, 6.07) is 11.0. The van der Waals surface area contributed by atoms with E-state index in [9.17, 15) is 23.1 Å². The highest BCUT2D eigenvalue weighted by Gasteiger charge is 2.48. The molecule has 254 valence electrons. The number of morpholine rings is 1. The summed E-state index contributed by atoms with van der Waals surface area (Å²) in [5.74, 6) is -0.0379. The van der Waals surface area contributed by atoms with Crippen molar-refractivity contribution in [2.45, 2.75) is 70.4 Å². The normalized spacial score (nSPS) is 23.7. The molecule has 47 heavy (non-hydrogen) atoms. The molecule has 3 heterocycles. The predicted octanol–water partition coefficient (Wildman–Crippen LogP) is 4.24. The lowest BCUT2D eigenvalue weighted by molar-refractivity contribution is -0.153. The van der Waals surface area contributed by atoms with Crippen molar-refractivity contribution in [3.63, 3.8) is 0 Å². The highest BCUT2D eigenvalue weighted by atomic mass is 32.2. The molecule has 3 aromatic rings. The van der Waals surface area contributed by atoms with Gasteiger partial charge in [0.25, 0.3) is 5.91 Å². The molecule has 2 aliphatic heterocycles. The van der Waals surface area contributed by atoms with Gasteiger partial charge in [0, 0.05) is 49.2 Å². The molecule has 1 aromatic heterocycles. The lowest BCUT2D eigenvalue weighted by Gasteiger charge is -2.43. The van der Waals surface area contributed by atoms with E-state index in [0.717, 1.165) is 57.7 Å². The molecule has 0 radical (unpaired) electrons. The predicted molar refractivity (Wildman–Crippen MR) is 180 cm³/mol. The third-order valence-corrected chi connectivity index (χ3v) is 12.1. The number of carbonyl (C=O) groups excluding carboxylic acids is 2. The maximum atomic E-state index is 14.8. The van der Waals surface area contributed by atoms with Crippen molar-refractivity contribution in [2.75, 3.05) is 47.6 Å². The van der Waals surface area contributed by atoms with Gasteiger partial charge in [-0.05, 0) is 73.1 Å². The third-order valence-electron chi connectivity index (χ3n) is 10.7. The average molecular weight is 667 g/mol. The molecule has 2 aromatic carbocycles. The first-order valence-electron chi connectivity index (χ1n) is 16.5. The van der Waals surface area contributed by atoms with Gasteiger partial charge in [-0.3, -0.25) is 9.59 Å². The molecular formula is C35H46N4O7S. The molecule has 1 saturated carbocycles. The maximum Gasteiger partial charge on any atom is 0.303 e. The van der Waals surface area contributed by atoms with Gasteiger partial charge in [-0.25, -0.2) is 4.72 Å². The van der Waals surface area contributed by atoms with Crippen LogP contribution in [0.5, 0.6) is 5.75 Å². The first-order valence-corrected chi connectivity index (χ1v) is 17.9. The standard InChI is InChI=1S/C35H46N4O7S/c1-22-29-18-26(45-5)12-14-27(29)32-31(23-9-7-6-8-10-23)28-13-11-24(33(41)36-47(43,44)37(3)4)17-30(28)39(32)21-35(22,2)34(42)38-15-16-46-20-25(38)19-40/h11-14,17-18,22-23,25,40H,6-10,15-16,19-21H2,1-5H3,(H,36,41)/t22?,25-,35?/m1/s1. The summed E-state index contributed by atoms with van der Waals surface area (Å²) in [5.41, 5.74) is 4.31. The van der Waals surface area contributed by atoms with E-state index in [-0.39, 0.29) is 30.6 Å². The number of fused-ring (bicyclic) bond motifs is 5. The second-order valence-corrected chi connectivity index (χ2v) is 15.5. The van der Waals surface area contributed by atoms with E-state index in [4.69, 9.17) is 9.47 Å². The summed E-state index contributed by atoms with van der Waals surface area (Å²) in [6.07, 6.45) is 5.53. The summed E-state index contributed by atoms with van der Waals surface area (Å²) >= 11 is 0. The minimum Gasteiger partial charge on any atom is -0.497 e. The minimum atomic E-state index is -4.00. The number of aromatic nitrogens is 1. The highest BCUT2D eigenvalue weighted by Crippen LogP contribution is 2.53. The Kier molecular flexibility index (Phi) is 9.16. The topological polar surface area (TPSA) is 130 Å². The van der Waals surface area contributed by atoms with Crippen LogP contribution in [0.4, 0.5) is 0 Å². The van der Waals surface area contributed by atoms with Crippen LogP contribution >= 0.6 is 0 Å². The van der Waals surface area contributed by atoms with Crippen molar-refractivity contribution < 1.29 is 32.6 Å². The smallest absolute Gasteiger partial charge is 0.303 e. The zero-order valence-corrected chi connectivity index (χ0v) is 28.7. The Labute approximate surface area is 277 Å². The molecule has 2 fully saturated rings. The second-order valence-electron chi connectivity index (χ2n) is 13.6. The molecule has 2 N–H and O–H groups in total. The molecule has 0 spiro atoms. The van der Waals surface area contributed by atoms with Gasteiger partial charge in [0.15, 0.2) is 0 Å². The van der Waals surface area contributed by atoms with Crippen LogP contribution in [0.15, 0.2) is 36.4 Å². The van der Waals surface area contributed by atoms with E-state index in [1.807, 2.05) is 25.1 Å². The Bertz CT molecular complexity index is 1800. The second kappa shape index (κ2) is 12.9. The van der Waals surface area contributed by atoms with Gasteiger partial charge in [-0.15, -0.1) is 0 Å². The molecule has 11 nitrogen and oxygen atoms in total. The molecule has 12 heteroatoms. The van der Waals surface area contributed by atoms with E-state index < -0.39 is 27.6 Å². The summed E-state index contributed by atoms with van der Waals surface area (Å²) in [6.45, 7) is 5.26. The largest absolute Gasteiger partial charge is 0.497 e. The number of rotatable bonds is 7. The van der Waals surface area contributed by atoms with Crippen LogP contribution in [-0.2, 0) is 26.3 Å². The van der Waals surface area contributed by atoms with Gasteiger partial charge in [-0.2, -0.15) is 12.7 Å². The fourth-order valence-corrected chi connectivity index (χ4v) is 8.28. The van der Waals surface area contributed by atoms with Gasteiger partial charge in [0.05, 0.1) is 44.1 Å². The number of ether oxygens (including phenoxy) is 2. The Hall–Kier alpha value is -3.45. The first kappa shape index (κ1) is 33.5. The van der Waals surface area contributed by atoms with Crippen molar-refractivity contribution >= 4 is 32.9 Å². The Morgan fingerprint density at radius 1 is 1.13 bits per heavy atom. The fourth-order valence-electron chi connectivity index (χ4n) is 7.75. The number of nitrogens with zero attached hydrogens (tertiary/aromatic N) is 3. The van der Waals surface area contributed by atoms with Crippen molar-refractivity contribution in [3.05, 3.63) is 53.1 Å². The molecule has 2 unspecified atom stereocenters. The summed E-state index contributed by atoms with van der Waals surface area (Å²) in [4.78, 5) is 29.9. The number of aliphatic hydroxyl groups is 1. The Morgan fingerprint density at radius 2 is 1.87 bits per heavy atom. The highest BCUT2D eigenvalue weighted by molar-refractivity contribution is 7.87. The maximum absolute atomic E-state index is 14.8. The van der Waals surface area contributed by atoms with Crippen LogP contribution < -0.4 is 9.46 Å². The SMILES string of the molecule is COc1ccc2c(c1)C(C)C(C)(C(=O)N1CCOC[C@H]1CO)Cn1c-2c(C2CCCCC2)c2ccc(C(=O)NS(=O)(=O)N(C)C)cc21. The number of methoxy groups -OCH3 is 1. The Balaban J connectivity index is 1.61. The van der Waals surface area contributed by atoms with E-state index in [2.05, 4.69) is 22.3 Å². The third kappa shape index (κ3) is 5.83. The van der Waals surface area contributed by atoms with Gasteiger partial charge in [0.1, 0.15) is 5.75 Å². The number of benzene rings is 2. The van der Waals surface area contributed by atoms with Gasteiger partial charge in [-0.1, -0.05) is 32.3 Å². The van der Waals surface area contributed by atoms with E-state index in [1.165, 1.54) is 26.1 Å². The number of carbonyl (C=O) groups is 2. The van der Waals surface area contributed by atoms with Gasteiger partial charge >= 0.3 is 10.2 Å². The van der Waals surface area contributed by atoms with E-state index in [0.29, 0.717) is 31.4 Å². The molecule has 2 amide bonds. The van der Waals surface area contributed by atoms with Crippen LogP contribution in [0.2, 0.25) is 0 Å². The van der Waals surface area contributed by atoms with Crippen molar-refractivity contribution in [1.29, 1.82) is 0 Å². The fraction of sp³-hybridized carbons (Fsp3) is 0.543. The molecule has 1 saturated heterocycles. The van der Waals surface area contributed by atoms with E-state index >= 15 is 0 Å². The molecule has 3 aliphatic rings. The van der Waals surface area contributed by atoms with E-state index in [1.54, 1.807) is 24.1 Å². The number of amides is 2. The summed E-state index contributed by atoms with van der Waals surface area (Å²) < 4.78 is 41.8. The first-order chi connectivity index (χ1) is 22.4. The lowest BCUT2D eigenvalue weighted by atomic mass is 9.72. The number of hydrogen-bond donors (Lipinski definition) is 2. The van der Waals surface area contributed by atoms with Crippen molar-refractivity contribution in [2.24, 2.45) is 5.41 Å². The van der Waals surface area contributed by atoms with Gasteiger partial charge < -0.3 is 24.0 Å². The van der Waals surface area contributed by atoms with Crippen LogP contribution in [0.25, 0.3) is 22.2 Å². The Morgan fingerprint density at radius 3 is 2.55 bits per heavy atom. The number of aliphatic hydroxyl groups excluding tert-OH is 1. The van der Waals surface area contributed by atoms with Crippen LogP contribution in [0.3, 0.4) is 0 Å². The van der Waals surface area contributed by atoms with Crippen molar-refractivity contribution in [3.8, 4) is 17.0 Å².